The Morgan fingerprint density at radius 2 is 2.00 bits per heavy atom. The van der Waals surface area contributed by atoms with Crippen LogP contribution >= 0.6 is 0 Å². The van der Waals surface area contributed by atoms with Gasteiger partial charge in [0.15, 0.2) is 6.29 Å². The molecule has 0 aromatic heterocycles. The lowest BCUT2D eigenvalue weighted by Crippen LogP contribution is -2.33. The molecule has 0 radical (unpaired) electrons. The molecule has 12 heavy (non-hydrogen) atoms. The second-order valence-corrected chi connectivity index (χ2v) is 2.46. The Bertz CT molecular complexity index is 205. The third-order valence-electron chi connectivity index (χ3n) is 1.66. The van der Waals surface area contributed by atoms with E-state index in [2.05, 4.69) is 14.8 Å². The van der Waals surface area contributed by atoms with Crippen molar-refractivity contribution >= 4 is 0 Å². The zero-order chi connectivity index (χ0) is 9.14. The Labute approximate surface area is 67.8 Å². The van der Waals surface area contributed by atoms with Crippen LogP contribution in [0.3, 0.4) is 0 Å². The van der Waals surface area contributed by atoms with Gasteiger partial charge in [0.1, 0.15) is 12.2 Å². The van der Waals surface area contributed by atoms with Crippen molar-refractivity contribution in [3.05, 3.63) is 10.4 Å². The molecular formula is C5H9N3O4. The molecule has 1 rings (SSSR count). The van der Waals surface area contributed by atoms with Gasteiger partial charge in [-0.3, -0.25) is 0 Å². The van der Waals surface area contributed by atoms with E-state index in [1.807, 2.05) is 0 Å². The highest BCUT2D eigenvalue weighted by Gasteiger charge is 2.41. The Morgan fingerprint density at radius 3 is 2.42 bits per heavy atom. The fourth-order valence-electron chi connectivity index (χ4n) is 0.997. The van der Waals surface area contributed by atoms with E-state index in [4.69, 9.17) is 20.9 Å². The van der Waals surface area contributed by atoms with Gasteiger partial charge in [-0.15, -0.1) is 0 Å². The number of ether oxygens (including phenoxy) is 1. The normalized spacial score (nSPS) is 40.9. The third-order valence-corrected chi connectivity index (χ3v) is 1.66. The summed E-state index contributed by atoms with van der Waals surface area (Å²) in [4.78, 5) is 2.45. The molecule has 0 aromatic rings. The molecule has 0 aromatic carbocycles. The fraction of sp³-hybridized carbons (Fsp3) is 1.00. The van der Waals surface area contributed by atoms with Crippen LogP contribution in [0.2, 0.25) is 0 Å². The number of nitrogens with zero attached hydrogens (tertiary/aromatic N) is 3. The van der Waals surface area contributed by atoms with Gasteiger partial charge < -0.3 is 20.1 Å². The van der Waals surface area contributed by atoms with Crippen LogP contribution in [-0.2, 0) is 4.74 Å². The zero-order valence-corrected chi connectivity index (χ0v) is 6.11. The van der Waals surface area contributed by atoms with Crippen LogP contribution < -0.4 is 0 Å². The van der Waals surface area contributed by atoms with Crippen molar-refractivity contribution in [3.8, 4) is 0 Å². The summed E-state index contributed by atoms with van der Waals surface area (Å²) < 4.78 is 4.68. The van der Waals surface area contributed by atoms with E-state index in [-0.39, 0.29) is 6.54 Å². The highest BCUT2D eigenvalue weighted by Crippen LogP contribution is 2.19. The molecular weight excluding hydrogens is 166 g/mol. The van der Waals surface area contributed by atoms with Crippen molar-refractivity contribution in [2.24, 2.45) is 5.11 Å². The van der Waals surface area contributed by atoms with E-state index in [0.717, 1.165) is 0 Å². The summed E-state index contributed by atoms with van der Waals surface area (Å²) in [7, 11) is 0. The van der Waals surface area contributed by atoms with Crippen molar-refractivity contribution in [3.63, 3.8) is 0 Å². The maximum Gasteiger partial charge on any atom is 0.183 e. The number of azide groups is 1. The average Bonchev–Trinajstić information content (AvgIpc) is 2.30. The molecule has 3 N–H and O–H groups in total. The molecule has 1 heterocycles. The Kier molecular flexibility index (Phi) is 2.85. The van der Waals surface area contributed by atoms with E-state index >= 15 is 0 Å². The smallest absolute Gasteiger partial charge is 0.183 e. The predicted octanol–water partition coefficient (Wildman–Crippen LogP) is -1.26. The lowest BCUT2D eigenvalue weighted by Gasteiger charge is -2.10. The molecule has 0 amide bonds. The summed E-state index contributed by atoms with van der Waals surface area (Å²) in [5, 5.41) is 30.1. The monoisotopic (exact) mass is 175 g/mol. The van der Waals surface area contributed by atoms with E-state index in [9.17, 15) is 0 Å². The average molecular weight is 175 g/mol. The van der Waals surface area contributed by atoms with Crippen molar-refractivity contribution in [2.75, 3.05) is 6.54 Å². The van der Waals surface area contributed by atoms with Crippen LogP contribution in [0.25, 0.3) is 10.4 Å². The van der Waals surface area contributed by atoms with Gasteiger partial charge in [0, 0.05) is 4.91 Å². The highest BCUT2D eigenvalue weighted by molar-refractivity contribution is 4.86. The van der Waals surface area contributed by atoms with Crippen molar-refractivity contribution in [1.82, 2.24) is 0 Å². The van der Waals surface area contributed by atoms with Gasteiger partial charge in [-0.2, -0.15) is 0 Å². The second kappa shape index (κ2) is 3.70. The van der Waals surface area contributed by atoms with Crippen molar-refractivity contribution in [2.45, 2.75) is 24.6 Å². The summed E-state index contributed by atoms with van der Waals surface area (Å²) in [6.45, 7) is -0.105. The summed E-state index contributed by atoms with van der Waals surface area (Å²) in [5.41, 5.74) is 7.94. The molecule has 0 saturated carbocycles. The molecule has 1 fully saturated rings. The van der Waals surface area contributed by atoms with Gasteiger partial charge >= 0.3 is 0 Å². The first-order valence-electron chi connectivity index (χ1n) is 3.37. The standard InChI is InChI=1S/C5H9N3O4/c6-8-7-1-2-3(9)4(10)5(11)12-2/h2-5,9-11H,1H2/t2-,3-,4-,5-/m0/s1. The first kappa shape index (κ1) is 9.24. The molecule has 4 atom stereocenters. The molecule has 0 aliphatic carbocycles. The molecule has 68 valence electrons. The summed E-state index contributed by atoms with van der Waals surface area (Å²) in [6.07, 6.45) is -4.76. The van der Waals surface area contributed by atoms with E-state index in [1.54, 1.807) is 0 Å². The molecule has 0 bridgehead atoms. The maximum atomic E-state index is 9.14. The molecule has 7 nitrogen and oxygen atoms in total. The van der Waals surface area contributed by atoms with Gasteiger partial charge in [0.05, 0.1) is 12.6 Å². The van der Waals surface area contributed by atoms with Gasteiger partial charge in [-0.25, -0.2) is 0 Å². The van der Waals surface area contributed by atoms with Crippen LogP contribution in [-0.4, -0.2) is 46.5 Å². The summed E-state index contributed by atoms with van der Waals surface area (Å²) in [5.74, 6) is 0. The first-order valence-corrected chi connectivity index (χ1v) is 3.37. The molecule has 0 unspecified atom stereocenters. The van der Waals surface area contributed by atoms with Crippen molar-refractivity contribution < 1.29 is 20.1 Å². The fourth-order valence-corrected chi connectivity index (χ4v) is 0.997. The predicted molar refractivity (Wildman–Crippen MR) is 36.9 cm³/mol. The largest absolute Gasteiger partial charge is 0.387 e. The molecule has 1 aliphatic rings. The third kappa shape index (κ3) is 1.66. The quantitative estimate of drug-likeness (QED) is 0.275. The lowest BCUT2D eigenvalue weighted by atomic mass is 10.1. The van der Waals surface area contributed by atoms with Crippen LogP contribution in [0.5, 0.6) is 0 Å². The van der Waals surface area contributed by atoms with Crippen molar-refractivity contribution in [1.29, 1.82) is 0 Å². The summed E-state index contributed by atoms with van der Waals surface area (Å²) in [6, 6.07) is 0. The molecule has 7 heteroatoms. The topological polar surface area (TPSA) is 119 Å². The Balaban J connectivity index is 2.52. The van der Waals surface area contributed by atoms with Crippen LogP contribution in [0, 0.1) is 0 Å². The molecule has 1 aliphatic heterocycles. The highest BCUT2D eigenvalue weighted by atomic mass is 16.6. The minimum atomic E-state index is -1.40. The second-order valence-electron chi connectivity index (χ2n) is 2.46. The number of hydrogen-bond donors (Lipinski definition) is 3. The maximum absolute atomic E-state index is 9.14. The van der Waals surface area contributed by atoms with Gasteiger partial charge in [-0.05, 0) is 5.53 Å². The minimum absolute atomic E-state index is 0.105. The Hall–Kier alpha value is -0.850. The SMILES string of the molecule is [N-]=[N+]=NC[C@@H]1O[C@H](O)[C@@H](O)[C@H]1O. The molecule has 1 saturated heterocycles. The van der Waals surface area contributed by atoms with E-state index < -0.39 is 24.6 Å². The first-order chi connectivity index (χ1) is 5.66. The van der Waals surface area contributed by atoms with Crippen LogP contribution in [0.1, 0.15) is 0 Å². The van der Waals surface area contributed by atoms with E-state index in [0.29, 0.717) is 0 Å². The van der Waals surface area contributed by atoms with Crippen LogP contribution in [0.4, 0.5) is 0 Å². The van der Waals surface area contributed by atoms with Crippen LogP contribution in [0.15, 0.2) is 5.11 Å². The minimum Gasteiger partial charge on any atom is -0.387 e. The van der Waals surface area contributed by atoms with E-state index in [1.165, 1.54) is 0 Å². The number of rotatable bonds is 2. The number of hydrogen-bond acceptors (Lipinski definition) is 5. The van der Waals surface area contributed by atoms with Gasteiger partial charge in [-0.1, -0.05) is 5.11 Å². The summed E-state index contributed by atoms with van der Waals surface area (Å²) >= 11 is 0. The molecule has 0 spiro atoms. The number of aliphatic hydroxyl groups excluding tert-OH is 3. The zero-order valence-electron chi connectivity index (χ0n) is 6.11. The lowest BCUT2D eigenvalue weighted by molar-refractivity contribution is -0.125. The van der Waals surface area contributed by atoms with Gasteiger partial charge in [0.2, 0.25) is 0 Å². The van der Waals surface area contributed by atoms with Gasteiger partial charge in [0.25, 0.3) is 0 Å². The number of aliphatic hydroxyl groups is 3. The Morgan fingerprint density at radius 1 is 1.33 bits per heavy atom.